The van der Waals surface area contributed by atoms with Crippen LogP contribution in [0.1, 0.15) is 45.9 Å². The third-order valence-electron chi connectivity index (χ3n) is 5.62. The fraction of sp³-hybridized carbons (Fsp3) is 0.348. The lowest BCUT2D eigenvalue weighted by atomic mass is 9.93. The molecule has 1 saturated heterocycles. The number of nitrogens with one attached hydrogen (secondary N) is 1. The number of aryl methyl sites for hydroxylation is 1. The first-order valence-corrected chi connectivity index (χ1v) is 10.9. The fourth-order valence-electron chi connectivity index (χ4n) is 4.05. The lowest BCUT2D eigenvalue weighted by Gasteiger charge is -2.24. The summed E-state index contributed by atoms with van der Waals surface area (Å²) in [6, 6.07) is 8.98. The maximum Gasteiger partial charge on any atom is 0.250 e. The quantitative estimate of drug-likeness (QED) is 0.504. The van der Waals surface area contributed by atoms with Gasteiger partial charge in [0.05, 0.1) is 24.8 Å². The topological polar surface area (TPSA) is 115 Å². The van der Waals surface area contributed by atoms with Gasteiger partial charge in [-0.05, 0) is 43.5 Å². The Balaban J connectivity index is 1.79. The molecule has 2 aromatic heterocycles. The number of hydrogen-bond donors (Lipinski definition) is 3. The number of nitrogens with two attached hydrogens (primary N) is 1. The van der Waals surface area contributed by atoms with E-state index in [2.05, 4.69) is 10.3 Å². The highest BCUT2D eigenvalue weighted by Gasteiger charge is 2.26. The number of primary amides is 1. The van der Waals surface area contributed by atoms with Crippen LogP contribution in [-0.4, -0.2) is 51.4 Å². The summed E-state index contributed by atoms with van der Waals surface area (Å²) < 4.78 is 7.33. The summed E-state index contributed by atoms with van der Waals surface area (Å²) in [5.74, 6) is -0.0285. The largest absolute Gasteiger partial charge is 0.395 e. The number of benzene rings is 1. The van der Waals surface area contributed by atoms with E-state index in [1.54, 1.807) is 35.2 Å². The van der Waals surface area contributed by atoms with E-state index < -0.39 is 11.8 Å². The molecule has 3 aromatic rings. The van der Waals surface area contributed by atoms with Gasteiger partial charge in [-0.25, -0.2) is 4.98 Å². The predicted octanol–water partition coefficient (Wildman–Crippen LogP) is 3.04. The van der Waals surface area contributed by atoms with E-state index in [9.17, 15) is 9.90 Å². The van der Waals surface area contributed by atoms with Crippen molar-refractivity contribution in [3.63, 3.8) is 0 Å². The van der Waals surface area contributed by atoms with Crippen LogP contribution >= 0.6 is 11.6 Å². The summed E-state index contributed by atoms with van der Waals surface area (Å²) in [5, 5.41) is 14.2. The number of aromatic nitrogens is 3. The van der Waals surface area contributed by atoms with Crippen molar-refractivity contribution in [2.45, 2.75) is 31.7 Å². The Morgan fingerprint density at radius 3 is 2.97 bits per heavy atom. The molecule has 1 fully saturated rings. The molecule has 2 atom stereocenters. The number of hydrogen-bond acceptors (Lipinski definition) is 6. The Bertz CT molecular complexity index is 1110. The zero-order valence-electron chi connectivity index (χ0n) is 17.8. The van der Waals surface area contributed by atoms with E-state index in [1.165, 1.54) is 0 Å². The molecular formula is C23H26ClN5O3. The fourth-order valence-corrected chi connectivity index (χ4v) is 4.25. The van der Waals surface area contributed by atoms with Crippen molar-refractivity contribution in [3.8, 4) is 5.82 Å². The molecule has 4 rings (SSSR count). The smallest absolute Gasteiger partial charge is 0.250 e. The Kier molecular flexibility index (Phi) is 6.74. The Morgan fingerprint density at radius 2 is 2.28 bits per heavy atom. The summed E-state index contributed by atoms with van der Waals surface area (Å²) in [6.07, 6.45) is 5.44. The number of amides is 1. The summed E-state index contributed by atoms with van der Waals surface area (Å²) in [7, 11) is 0. The van der Waals surface area contributed by atoms with Crippen LogP contribution in [0.3, 0.4) is 0 Å². The summed E-state index contributed by atoms with van der Waals surface area (Å²) in [6.45, 7) is 3.03. The van der Waals surface area contributed by atoms with Gasteiger partial charge in [-0.1, -0.05) is 23.7 Å². The van der Waals surface area contributed by atoms with Crippen molar-refractivity contribution in [1.29, 1.82) is 0 Å². The second kappa shape index (κ2) is 9.68. The van der Waals surface area contributed by atoms with Crippen LogP contribution in [0.25, 0.3) is 5.82 Å². The van der Waals surface area contributed by atoms with Gasteiger partial charge in [0.15, 0.2) is 0 Å². The van der Waals surface area contributed by atoms with Gasteiger partial charge in [-0.15, -0.1) is 0 Å². The number of aliphatic hydroxyl groups is 1. The molecular weight excluding hydrogens is 430 g/mol. The molecule has 0 aliphatic carbocycles. The molecule has 4 N–H and O–H groups in total. The van der Waals surface area contributed by atoms with E-state index >= 15 is 0 Å². The minimum absolute atomic E-state index is 0.140. The van der Waals surface area contributed by atoms with Crippen LogP contribution in [0.4, 0.5) is 5.95 Å². The van der Waals surface area contributed by atoms with Crippen molar-refractivity contribution in [2.75, 3.05) is 25.1 Å². The number of halogens is 1. The highest BCUT2D eigenvalue weighted by molar-refractivity contribution is 6.30. The second-order valence-electron chi connectivity index (χ2n) is 7.90. The summed E-state index contributed by atoms with van der Waals surface area (Å²) >= 11 is 6.19. The number of aliphatic hydroxyl groups excluding tert-OH is 1. The molecule has 1 aliphatic rings. The van der Waals surface area contributed by atoms with E-state index in [0.717, 1.165) is 30.6 Å². The second-order valence-corrected chi connectivity index (χ2v) is 8.33. The van der Waals surface area contributed by atoms with Gasteiger partial charge in [0.25, 0.3) is 5.91 Å². The first-order chi connectivity index (χ1) is 15.5. The molecule has 0 bridgehead atoms. The number of anilines is 1. The molecule has 3 heterocycles. The number of carbonyl (C=O) groups excluding carboxylic acids is 1. The standard InChI is InChI=1S/C23H26ClN5O3/c1-14-11-26-23(27-17-6-3-9-32-13-17)28-22(14)29-8-7-18(21(25)31)20(29)19(12-30)15-4-2-5-16(24)10-15/h2,4-5,7-8,10-11,17,19,30H,3,6,9,12-13H2,1H3,(H2,25,31)(H,26,27,28)/t17?,19-/m0/s1. The third-order valence-corrected chi connectivity index (χ3v) is 5.86. The normalized spacial score (nSPS) is 17.2. The zero-order chi connectivity index (χ0) is 22.7. The van der Waals surface area contributed by atoms with Crippen LogP contribution in [0.2, 0.25) is 5.02 Å². The van der Waals surface area contributed by atoms with Crippen LogP contribution in [-0.2, 0) is 4.74 Å². The van der Waals surface area contributed by atoms with E-state index in [-0.39, 0.29) is 12.6 Å². The van der Waals surface area contributed by atoms with Crippen molar-refractivity contribution in [2.24, 2.45) is 5.73 Å². The highest BCUT2D eigenvalue weighted by atomic mass is 35.5. The first kappa shape index (κ1) is 22.3. The van der Waals surface area contributed by atoms with Gasteiger partial charge in [0, 0.05) is 41.2 Å². The van der Waals surface area contributed by atoms with Gasteiger partial charge in [0.2, 0.25) is 5.95 Å². The Morgan fingerprint density at radius 1 is 1.44 bits per heavy atom. The Labute approximate surface area is 191 Å². The molecule has 1 unspecified atom stereocenters. The van der Waals surface area contributed by atoms with Gasteiger partial charge >= 0.3 is 0 Å². The van der Waals surface area contributed by atoms with E-state index in [4.69, 9.17) is 27.1 Å². The number of ether oxygens (including phenoxy) is 1. The molecule has 1 amide bonds. The number of carbonyl (C=O) groups is 1. The Hall–Kier alpha value is -2.94. The van der Waals surface area contributed by atoms with Crippen LogP contribution in [0.15, 0.2) is 42.7 Å². The minimum atomic E-state index is -0.580. The maximum absolute atomic E-state index is 12.2. The van der Waals surface area contributed by atoms with Gasteiger partial charge < -0.3 is 25.5 Å². The first-order valence-electron chi connectivity index (χ1n) is 10.5. The lowest BCUT2D eigenvalue weighted by Crippen LogP contribution is -2.31. The van der Waals surface area contributed by atoms with Crippen LogP contribution in [0, 0.1) is 6.92 Å². The number of rotatable bonds is 7. The minimum Gasteiger partial charge on any atom is -0.395 e. The molecule has 9 heteroatoms. The molecule has 0 saturated carbocycles. The molecule has 8 nitrogen and oxygen atoms in total. The monoisotopic (exact) mass is 455 g/mol. The molecule has 1 aliphatic heterocycles. The molecule has 1 aromatic carbocycles. The number of nitrogens with zero attached hydrogens (tertiary/aromatic N) is 3. The highest BCUT2D eigenvalue weighted by Crippen LogP contribution is 2.32. The third kappa shape index (κ3) is 4.62. The SMILES string of the molecule is Cc1cnc(NC2CCCOC2)nc1-n1ccc(C(N)=O)c1[C@@H](CO)c1cccc(Cl)c1. The average molecular weight is 456 g/mol. The van der Waals surface area contributed by atoms with E-state index in [1.807, 2.05) is 19.1 Å². The van der Waals surface area contributed by atoms with E-state index in [0.29, 0.717) is 34.7 Å². The zero-order valence-corrected chi connectivity index (χ0v) is 18.5. The molecule has 0 radical (unpaired) electrons. The molecule has 0 spiro atoms. The lowest BCUT2D eigenvalue weighted by molar-refractivity contribution is 0.0874. The van der Waals surface area contributed by atoms with Crippen molar-refractivity contribution in [1.82, 2.24) is 14.5 Å². The maximum atomic E-state index is 12.2. The predicted molar refractivity (Wildman–Crippen MR) is 122 cm³/mol. The average Bonchev–Trinajstić information content (AvgIpc) is 3.21. The van der Waals surface area contributed by atoms with Crippen molar-refractivity contribution < 1.29 is 14.6 Å². The van der Waals surface area contributed by atoms with Crippen LogP contribution < -0.4 is 11.1 Å². The molecule has 168 valence electrons. The van der Waals surface area contributed by atoms with Crippen molar-refractivity contribution >= 4 is 23.5 Å². The van der Waals surface area contributed by atoms with Gasteiger partial charge in [0.1, 0.15) is 5.82 Å². The summed E-state index contributed by atoms with van der Waals surface area (Å²) in [5.41, 5.74) is 8.13. The van der Waals surface area contributed by atoms with Gasteiger partial charge in [-0.3, -0.25) is 4.79 Å². The molecule has 32 heavy (non-hydrogen) atoms. The van der Waals surface area contributed by atoms with Crippen LogP contribution in [0.5, 0.6) is 0 Å². The van der Waals surface area contributed by atoms with Gasteiger partial charge in [-0.2, -0.15) is 4.98 Å². The van der Waals surface area contributed by atoms with Crippen molar-refractivity contribution in [3.05, 3.63) is 70.1 Å². The summed E-state index contributed by atoms with van der Waals surface area (Å²) in [4.78, 5) is 21.4.